The maximum Gasteiger partial charge on any atom is 0.353 e. The lowest BCUT2D eigenvalue weighted by Crippen LogP contribution is -2.19. The molecular formula is C12H10INO4S. The predicted molar refractivity (Wildman–Crippen MR) is 77.9 cm³/mol. The van der Waals surface area contributed by atoms with Crippen LogP contribution in [0.1, 0.15) is 16.1 Å². The lowest BCUT2D eigenvalue weighted by Gasteiger charge is -2.10. The molecule has 100 valence electrons. The molecule has 0 bridgehead atoms. The van der Waals surface area contributed by atoms with E-state index in [2.05, 4.69) is 0 Å². The summed E-state index contributed by atoms with van der Waals surface area (Å²) in [5.41, 5.74) is 0.657. The number of hydrogen-bond acceptors (Lipinski definition) is 3. The van der Waals surface area contributed by atoms with Crippen LogP contribution in [0, 0.1) is 10.6 Å². The number of aryl methyl sites for hydroxylation is 1. The minimum Gasteiger partial charge on any atom is -0.477 e. The first-order valence-corrected chi connectivity index (χ1v) is 7.78. The molecule has 5 nitrogen and oxygen atoms in total. The van der Waals surface area contributed by atoms with Gasteiger partial charge in [0.25, 0.3) is 10.0 Å². The molecule has 0 radical (unpaired) electrons. The summed E-state index contributed by atoms with van der Waals surface area (Å²) >= 11 is 1.79. The second kappa shape index (κ2) is 4.97. The zero-order chi connectivity index (χ0) is 14.2. The summed E-state index contributed by atoms with van der Waals surface area (Å²) in [6.45, 7) is 1.85. The maximum atomic E-state index is 12.4. The minimum atomic E-state index is -3.89. The zero-order valence-corrected chi connectivity index (χ0v) is 12.8. The molecule has 1 aromatic heterocycles. The molecule has 0 aliphatic rings. The molecule has 0 unspecified atom stereocenters. The Morgan fingerprint density at radius 2 is 1.74 bits per heavy atom. The monoisotopic (exact) mass is 391 g/mol. The van der Waals surface area contributed by atoms with Crippen molar-refractivity contribution in [2.24, 2.45) is 0 Å². The minimum absolute atomic E-state index is 0.0646. The molecule has 0 saturated carbocycles. The number of nitrogens with zero attached hydrogens (tertiary/aromatic N) is 1. The van der Waals surface area contributed by atoms with Crippen molar-refractivity contribution >= 4 is 38.6 Å². The van der Waals surface area contributed by atoms with Crippen molar-refractivity contribution in [1.29, 1.82) is 0 Å². The Hall–Kier alpha value is -1.35. The van der Waals surface area contributed by atoms with E-state index < -0.39 is 16.0 Å². The van der Waals surface area contributed by atoms with Gasteiger partial charge in [0, 0.05) is 0 Å². The summed E-state index contributed by atoms with van der Waals surface area (Å²) in [5, 5.41) is 9.04. The molecule has 0 aliphatic heterocycles. The van der Waals surface area contributed by atoms with Crippen molar-refractivity contribution < 1.29 is 18.3 Å². The Morgan fingerprint density at radius 1 is 1.16 bits per heavy atom. The lowest BCUT2D eigenvalue weighted by atomic mass is 10.2. The summed E-state index contributed by atoms with van der Waals surface area (Å²) in [6.07, 6.45) is 0. The fourth-order valence-corrected chi connectivity index (χ4v) is 4.21. The highest BCUT2D eigenvalue weighted by atomic mass is 127. The first kappa shape index (κ1) is 14.1. The predicted octanol–water partition coefficient (Wildman–Crippen LogP) is 2.34. The summed E-state index contributed by atoms with van der Waals surface area (Å²) in [5.74, 6) is -1.28. The molecule has 2 rings (SSSR count). The number of hydrogen-bond donors (Lipinski definition) is 1. The fourth-order valence-electron chi connectivity index (χ4n) is 1.62. The van der Waals surface area contributed by atoms with E-state index >= 15 is 0 Å². The van der Waals surface area contributed by atoms with E-state index in [1.807, 2.05) is 6.92 Å². The van der Waals surface area contributed by atoms with Crippen LogP contribution in [0.5, 0.6) is 0 Å². The summed E-state index contributed by atoms with van der Waals surface area (Å²) < 4.78 is 26.1. The van der Waals surface area contributed by atoms with E-state index in [1.165, 1.54) is 24.3 Å². The number of carboxylic acids is 1. The zero-order valence-electron chi connectivity index (χ0n) is 9.87. The van der Waals surface area contributed by atoms with Crippen molar-refractivity contribution in [2.75, 3.05) is 0 Å². The third-order valence-electron chi connectivity index (χ3n) is 2.57. The van der Waals surface area contributed by atoms with Crippen LogP contribution in [-0.2, 0) is 10.0 Å². The topological polar surface area (TPSA) is 76.4 Å². The van der Waals surface area contributed by atoms with Gasteiger partial charge in [-0.3, -0.25) is 0 Å². The van der Waals surface area contributed by atoms with Gasteiger partial charge in [0.2, 0.25) is 0 Å². The molecule has 0 atom stereocenters. The molecule has 1 N–H and O–H groups in total. The van der Waals surface area contributed by atoms with Gasteiger partial charge in [-0.25, -0.2) is 17.2 Å². The van der Waals surface area contributed by atoms with Gasteiger partial charge in [-0.05, 0) is 53.8 Å². The average molecular weight is 391 g/mol. The first-order chi connectivity index (χ1) is 8.84. The van der Waals surface area contributed by atoms with Crippen LogP contribution in [0.3, 0.4) is 0 Å². The Kier molecular flexibility index (Phi) is 3.68. The number of carboxylic acid groups (broad SMARTS) is 1. The Bertz CT molecular complexity index is 732. The second-order valence-corrected chi connectivity index (χ2v) is 6.82. The fraction of sp³-hybridized carbons (Fsp3) is 0.0833. The standard InChI is InChI=1S/C12H10INO4S/c1-8-2-4-9(5-3-8)19(17,18)14-10(12(15)16)6-7-11(14)13/h2-7H,1H3,(H,15,16). The normalized spacial score (nSPS) is 11.5. The summed E-state index contributed by atoms with van der Waals surface area (Å²) in [7, 11) is -3.89. The molecule has 0 amide bonds. The molecule has 1 heterocycles. The van der Waals surface area contributed by atoms with Crippen molar-refractivity contribution in [3.63, 3.8) is 0 Å². The number of aromatic nitrogens is 1. The van der Waals surface area contributed by atoms with Crippen LogP contribution >= 0.6 is 22.6 Å². The van der Waals surface area contributed by atoms with Crippen molar-refractivity contribution in [3.05, 3.63) is 51.4 Å². The lowest BCUT2D eigenvalue weighted by molar-refractivity contribution is 0.0689. The van der Waals surface area contributed by atoms with Gasteiger partial charge in [0.05, 0.1) is 8.60 Å². The Labute approximate surface area is 124 Å². The summed E-state index contributed by atoms with van der Waals surface area (Å²) in [4.78, 5) is 11.1. The molecule has 0 saturated heterocycles. The van der Waals surface area contributed by atoms with E-state index in [1.54, 1.807) is 34.7 Å². The van der Waals surface area contributed by atoms with E-state index in [0.717, 1.165) is 9.54 Å². The van der Waals surface area contributed by atoms with E-state index in [0.29, 0.717) is 3.70 Å². The molecule has 1 aromatic carbocycles. The number of halogens is 1. The van der Waals surface area contributed by atoms with Gasteiger partial charge in [-0.15, -0.1) is 0 Å². The van der Waals surface area contributed by atoms with Gasteiger partial charge in [-0.1, -0.05) is 17.7 Å². The molecule has 0 fully saturated rings. The average Bonchev–Trinajstić information content (AvgIpc) is 2.72. The van der Waals surface area contributed by atoms with Crippen molar-refractivity contribution in [2.45, 2.75) is 11.8 Å². The van der Waals surface area contributed by atoms with Gasteiger partial charge in [0.1, 0.15) is 5.69 Å². The second-order valence-electron chi connectivity index (χ2n) is 3.93. The van der Waals surface area contributed by atoms with Crippen LogP contribution in [0.15, 0.2) is 41.3 Å². The van der Waals surface area contributed by atoms with Crippen LogP contribution in [0.25, 0.3) is 0 Å². The Balaban J connectivity index is 2.66. The van der Waals surface area contributed by atoms with E-state index in [4.69, 9.17) is 5.11 Å². The van der Waals surface area contributed by atoms with Crippen LogP contribution < -0.4 is 0 Å². The number of benzene rings is 1. The largest absolute Gasteiger partial charge is 0.477 e. The smallest absolute Gasteiger partial charge is 0.353 e. The van der Waals surface area contributed by atoms with Crippen LogP contribution in [-0.4, -0.2) is 23.5 Å². The summed E-state index contributed by atoms with van der Waals surface area (Å²) in [6, 6.07) is 9.00. The SMILES string of the molecule is Cc1ccc(S(=O)(=O)n2c(I)ccc2C(=O)O)cc1. The van der Waals surface area contributed by atoms with Gasteiger partial charge in [0.15, 0.2) is 0 Å². The van der Waals surface area contributed by atoms with E-state index in [9.17, 15) is 13.2 Å². The molecule has 19 heavy (non-hydrogen) atoms. The third-order valence-corrected chi connectivity index (χ3v) is 5.48. The maximum absolute atomic E-state index is 12.4. The van der Waals surface area contributed by atoms with Gasteiger partial charge in [-0.2, -0.15) is 0 Å². The van der Waals surface area contributed by atoms with Crippen molar-refractivity contribution in [1.82, 2.24) is 3.97 Å². The molecule has 0 aliphatic carbocycles. The Morgan fingerprint density at radius 3 is 2.26 bits per heavy atom. The quantitative estimate of drug-likeness (QED) is 0.816. The van der Waals surface area contributed by atoms with E-state index in [-0.39, 0.29) is 10.6 Å². The number of rotatable bonds is 3. The third kappa shape index (κ3) is 2.52. The first-order valence-electron chi connectivity index (χ1n) is 5.27. The van der Waals surface area contributed by atoms with Gasteiger partial charge >= 0.3 is 5.97 Å². The highest BCUT2D eigenvalue weighted by Crippen LogP contribution is 2.21. The highest BCUT2D eigenvalue weighted by molar-refractivity contribution is 14.1. The van der Waals surface area contributed by atoms with Crippen molar-refractivity contribution in [3.8, 4) is 0 Å². The molecule has 7 heteroatoms. The number of carbonyl (C=O) groups is 1. The molecule has 0 spiro atoms. The van der Waals surface area contributed by atoms with Crippen LogP contribution in [0.2, 0.25) is 0 Å². The molecular weight excluding hydrogens is 381 g/mol. The van der Waals surface area contributed by atoms with Gasteiger partial charge < -0.3 is 5.11 Å². The molecule has 2 aromatic rings. The van der Waals surface area contributed by atoms with Crippen LogP contribution in [0.4, 0.5) is 0 Å². The highest BCUT2D eigenvalue weighted by Gasteiger charge is 2.25. The number of aromatic carboxylic acids is 1.